The van der Waals surface area contributed by atoms with Gasteiger partial charge in [0.1, 0.15) is 12.2 Å². The molecule has 0 radical (unpaired) electrons. The molecule has 0 unspecified atom stereocenters. The number of nitrogens with two attached hydrogens (primary N) is 1. The van der Waals surface area contributed by atoms with Gasteiger partial charge in [-0.25, -0.2) is 4.79 Å². The van der Waals surface area contributed by atoms with Crippen LogP contribution in [-0.4, -0.2) is 82.3 Å². The molecular weight excluding hydrogens is 877 g/mol. The number of carbonyl (C=O) groups excluding carboxylic acids is 5. The normalized spacial score (nSPS) is 12.9. The molecule has 6 N–H and O–H groups in total. The summed E-state index contributed by atoms with van der Waals surface area (Å²) in [6.07, 6.45) is 10.5. The average molecular weight is 935 g/mol. The van der Waals surface area contributed by atoms with Crippen LogP contribution in [0.3, 0.4) is 0 Å². The van der Waals surface area contributed by atoms with E-state index < -0.39 is 31.9 Å². The molecule has 352 valence electrons. The zero-order chi connectivity index (χ0) is 48.8. The van der Waals surface area contributed by atoms with Gasteiger partial charge in [-0.3, -0.25) is 24.5 Å². The first-order valence-electron chi connectivity index (χ1n) is 22.6. The van der Waals surface area contributed by atoms with E-state index in [0.717, 1.165) is 63.2 Å². The molecule has 3 amide bonds. The molecule has 5 heterocycles. The van der Waals surface area contributed by atoms with Crippen LogP contribution >= 0.6 is 0 Å². The van der Waals surface area contributed by atoms with E-state index in [1.807, 2.05) is 95.7 Å². The molecule has 0 fully saturated rings. The summed E-state index contributed by atoms with van der Waals surface area (Å²) in [4.78, 5) is 65.6. The molecule has 0 aliphatic carbocycles. The molecular formula is C53H58N6O8Si. The summed E-state index contributed by atoms with van der Waals surface area (Å²) >= 11 is 0. The van der Waals surface area contributed by atoms with Crippen molar-refractivity contribution in [1.82, 2.24) is 24.4 Å². The number of primary amides is 1. The number of hydrogen-bond acceptors (Lipinski definition) is 8. The number of hydrogen-bond donors (Lipinski definition) is 5. The Balaban J connectivity index is 0.000000159. The third-order valence-corrected chi connectivity index (χ3v) is 17.2. The number of fused-ring (bicyclic) bond motifs is 4. The largest absolute Gasteiger partial charge is 0.463 e. The number of esters is 1. The third-order valence-electron chi connectivity index (χ3n) is 12.7. The van der Waals surface area contributed by atoms with Crippen LogP contribution in [0, 0.1) is 0 Å². The topological polar surface area (TPSA) is 204 Å². The first-order chi connectivity index (χ1) is 32.5. The van der Waals surface area contributed by atoms with Crippen LogP contribution in [0.2, 0.25) is 18.1 Å². The number of aliphatic hydroxyl groups is 1. The van der Waals surface area contributed by atoms with Crippen LogP contribution in [0.4, 0.5) is 0 Å². The molecule has 68 heavy (non-hydrogen) atoms. The van der Waals surface area contributed by atoms with Gasteiger partial charge in [-0.15, -0.1) is 0 Å². The number of aliphatic hydroxyl groups excluding tert-OH is 1. The van der Waals surface area contributed by atoms with Crippen molar-refractivity contribution < 1.29 is 38.2 Å². The second-order valence-corrected chi connectivity index (χ2v) is 23.0. The second-order valence-electron chi connectivity index (χ2n) is 18.2. The lowest BCUT2D eigenvalue weighted by Crippen LogP contribution is -2.41. The van der Waals surface area contributed by atoms with Gasteiger partial charge < -0.3 is 39.1 Å². The quantitative estimate of drug-likeness (QED) is 0.0178. The smallest absolute Gasteiger partial charge is 0.379 e. The summed E-state index contributed by atoms with van der Waals surface area (Å²) in [6, 6.07) is 30.9. The van der Waals surface area contributed by atoms with E-state index in [9.17, 15) is 29.1 Å². The van der Waals surface area contributed by atoms with Crippen molar-refractivity contribution in [1.29, 1.82) is 0 Å². The molecule has 8 aromatic rings. The highest BCUT2D eigenvalue weighted by atomic mass is 28.4. The average Bonchev–Trinajstić information content (AvgIpc) is 4.15. The van der Waals surface area contributed by atoms with Gasteiger partial charge in [-0.2, -0.15) is 0 Å². The number of ketones is 1. The van der Waals surface area contributed by atoms with E-state index in [1.165, 1.54) is 24.3 Å². The number of aromatic nitrogens is 4. The number of benzene rings is 4. The predicted molar refractivity (Wildman–Crippen MR) is 269 cm³/mol. The molecule has 1 aliphatic rings. The summed E-state index contributed by atoms with van der Waals surface area (Å²) in [5.41, 5.74) is 13.0. The minimum Gasteiger partial charge on any atom is -0.463 e. The highest BCUT2D eigenvalue weighted by molar-refractivity contribution is 6.74. The van der Waals surface area contributed by atoms with Crippen molar-refractivity contribution >= 4 is 92.7 Å². The van der Waals surface area contributed by atoms with E-state index in [0.29, 0.717) is 35.2 Å². The second kappa shape index (κ2) is 20.7. The molecule has 0 spiro atoms. The van der Waals surface area contributed by atoms with Crippen LogP contribution in [0.1, 0.15) is 60.7 Å². The molecule has 4 aromatic carbocycles. The van der Waals surface area contributed by atoms with Crippen LogP contribution in [0.5, 0.6) is 0 Å². The summed E-state index contributed by atoms with van der Waals surface area (Å²) in [5, 5.41) is 15.8. The Bertz CT molecular complexity index is 3200. The maximum absolute atomic E-state index is 12.8. The Hall–Kier alpha value is -7.33. The summed E-state index contributed by atoms with van der Waals surface area (Å²) in [7, 11) is -0.490. The third kappa shape index (κ3) is 10.3. The first kappa shape index (κ1) is 48.6. The van der Waals surface area contributed by atoms with Gasteiger partial charge in [0.05, 0.1) is 23.8 Å². The number of Topliss-reactive ketones (excluding diaryl/α,β-unsaturated/α-hetero) is 1. The van der Waals surface area contributed by atoms with E-state index in [1.54, 1.807) is 16.8 Å². The van der Waals surface area contributed by atoms with Crippen LogP contribution in [0.15, 0.2) is 122 Å². The lowest BCUT2D eigenvalue weighted by Gasteiger charge is -2.36. The first-order valence-corrected chi connectivity index (χ1v) is 25.5. The maximum Gasteiger partial charge on any atom is 0.379 e. The van der Waals surface area contributed by atoms with E-state index in [4.69, 9.17) is 10.2 Å². The molecule has 4 aromatic heterocycles. The number of amides is 3. The van der Waals surface area contributed by atoms with Crippen molar-refractivity contribution in [3.8, 4) is 0 Å². The minimum absolute atomic E-state index is 0.0990. The monoisotopic (exact) mass is 934 g/mol. The molecule has 0 saturated heterocycles. The number of nitrogens with zero attached hydrogens (tertiary/aromatic N) is 2. The van der Waals surface area contributed by atoms with Gasteiger partial charge in [-0.05, 0) is 79.2 Å². The molecule has 9 rings (SSSR count). The van der Waals surface area contributed by atoms with Gasteiger partial charge in [0.25, 0.3) is 17.6 Å². The number of rotatable bonds is 14. The SMILES string of the molecule is CC(C)(C)[Si](C)(C)OCCCc1cn(CC(N)=O)c2ccccc12.COC(=O)C(=O)c1c[nH]c2ccccc12.O=C1NC(=O)C(n2cc(CCCO)c3ccccc32)=C1c1c[nH]c2ccccc12. The lowest BCUT2D eigenvalue weighted by atomic mass is 10.0. The standard InChI is InChI=1S/C23H19N3O3.C19H30N2O2Si.C11H9NO3/c27-11-5-6-14-13-26(19-10-4-2-7-15(14)19)21-20(22(28)25-23(21)29)17-12-24-18-9-3-1-8-16(17)18;1-19(2,3)24(4,5)23-12-8-9-15-13-21(14-18(20)22)17-11-7-6-10-16(15)17;1-15-11(14)10(13)8-6-12-9-5-3-2-4-7(8)9/h1-4,7-10,12-13,24,27H,5-6,11H2,(H,25,28,29);6-7,10-11,13H,8-9,12,14H2,1-5H3,(H2,20,22);2-6,12H,1H3. The summed E-state index contributed by atoms with van der Waals surface area (Å²) in [6.45, 7) is 12.5. The number of ether oxygens (including phenoxy) is 1. The van der Waals surface area contributed by atoms with Gasteiger partial charge in [-0.1, -0.05) is 93.6 Å². The van der Waals surface area contributed by atoms with Crippen molar-refractivity contribution in [3.63, 3.8) is 0 Å². The van der Waals surface area contributed by atoms with Crippen molar-refractivity contribution in [2.75, 3.05) is 20.3 Å². The lowest BCUT2D eigenvalue weighted by molar-refractivity contribution is -0.135. The number of methoxy groups -OCH3 is 1. The molecule has 0 atom stereocenters. The fourth-order valence-corrected chi connectivity index (χ4v) is 9.28. The highest BCUT2D eigenvalue weighted by Crippen LogP contribution is 2.37. The predicted octanol–water partition coefficient (Wildman–Crippen LogP) is 8.68. The number of carbonyl (C=O) groups is 5. The Morgan fingerprint density at radius 1 is 0.721 bits per heavy atom. The minimum atomic E-state index is -1.68. The van der Waals surface area contributed by atoms with Crippen LogP contribution in [-0.2, 0) is 47.7 Å². The fraction of sp³-hybridized carbons (Fsp3) is 0.264. The van der Waals surface area contributed by atoms with Gasteiger partial charge >= 0.3 is 5.97 Å². The molecule has 0 saturated carbocycles. The molecule has 15 heteroatoms. The van der Waals surface area contributed by atoms with Crippen molar-refractivity contribution in [2.24, 2.45) is 5.73 Å². The van der Waals surface area contributed by atoms with Crippen LogP contribution < -0.4 is 11.1 Å². The summed E-state index contributed by atoms with van der Waals surface area (Å²) in [5.74, 6) is -2.60. The number of para-hydroxylation sites is 4. The Morgan fingerprint density at radius 2 is 1.28 bits per heavy atom. The van der Waals surface area contributed by atoms with Gasteiger partial charge in [0.2, 0.25) is 5.91 Å². The van der Waals surface area contributed by atoms with E-state index >= 15 is 0 Å². The fourth-order valence-electron chi connectivity index (χ4n) is 8.20. The Labute approximate surface area is 395 Å². The van der Waals surface area contributed by atoms with E-state index in [-0.39, 0.29) is 24.1 Å². The number of imide groups is 1. The number of aryl methyl sites for hydroxylation is 2. The number of aromatic amines is 2. The number of nitrogens with one attached hydrogen (secondary N) is 3. The summed E-state index contributed by atoms with van der Waals surface area (Å²) < 4.78 is 14.4. The zero-order valence-electron chi connectivity index (χ0n) is 39.3. The Kier molecular flexibility index (Phi) is 14.8. The van der Waals surface area contributed by atoms with Gasteiger partial charge in [0, 0.05) is 81.7 Å². The van der Waals surface area contributed by atoms with E-state index in [2.05, 4.69) is 66.2 Å². The van der Waals surface area contributed by atoms with Crippen LogP contribution in [0.25, 0.3) is 54.9 Å². The zero-order valence-corrected chi connectivity index (χ0v) is 40.3. The maximum atomic E-state index is 12.8. The molecule has 14 nitrogen and oxygen atoms in total. The number of H-pyrrole nitrogens is 2. The van der Waals surface area contributed by atoms with Gasteiger partial charge in [0.15, 0.2) is 8.32 Å². The molecule has 0 bridgehead atoms. The highest BCUT2D eigenvalue weighted by Gasteiger charge is 2.37. The van der Waals surface area contributed by atoms with Crippen molar-refractivity contribution in [3.05, 3.63) is 144 Å². The molecule has 1 aliphatic heterocycles. The Morgan fingerprint density at radius 3 is 1.93 bits per heavy atom. The van der Waals surface area contributed by atoms with Crippen molar-refractivity contribution in [2.45, 2.75) is 71.1 Å².